The van der Waals surface area contributed by atoms with E-state index in [1.54, 1.807) is 32.9 Å². The highest BCUT2D eigenvalue weighted by Gasteiger charge is 2.17. The van der Waals surface area contributed by atoms with Crippen LogP contribution in [0.2, 0.25) is 0 Å². The first-order chi connectivity index (χ1) is 10.8. The molecule has 0 fully saturated rings. The van der Waals surface area contributed by atoms with Crippen molar-refractivity contribution in [3.63, 3.8) is 0 Å². The number of carbonyl (C=O) groups excluding carboxylic acids is 1. The molecule has 5 heteroatoms. The maximum absolute atomic E-state index is 13.2. The van der Waals surface area contributed by atoms with Crippen molar-refractivity contribution in [1.29, 1.82) is 0 Å². The second-order valence-corrected chi connectivity index (χ2v) is 6.16. The van der Waals surface area contributed by atoms with E-state index in [1.165, 1.54) is 12.1 Å². The molecule has 0 aliphatic rings. The van der Waals surface area contributed by atoms with Gasteiger partial charge in [-0.1, -0.05) is 24.3 Å². The fourth-order valence-corrected chi connectivity index (χ4v) is 2.00. The molecule has 2 rings (SSSR count). The summed E-state index contributed by atoms with van der Waals surface area (Å²) in [6.45, 7) is 5.87. The Hall–Kier alpha value is -2.56. The second-order valence-electron chi connectivity index (χ2n) is 6.16. The van der Waals surface area contributed by atoms with Crippen molar-refractivity contribution in [2.24, 2.45) is 0 Å². The molecule has 1 amide bonds. The number of para-hydroxylation sites is 2. The van der Waals surface area contributed by atoms with Crippen molar-refractivity contribution in [3.8, 4) is 0 Å². The van der Waals surface area contributed by atoms with Gasteiger partial charge in [0.2, 0.25) is 0 Å². The van der Waals surface area contributed by atoms with Crippen molar-refractivity contribution in [2.45, 2.75) is 32.9 Å². The van der Waals surface area contributed by atoms with Crippen LogP contribution in [0.25, 0.3) is 0 Å². The standard InChI is InChI=1S/C18H21FN2O2/c1-18(2,3)23-17(22)21-16-10-5-4-9-15(16)20-12-13-7-6-8-14(19)11-13/h4-11,20H,12H2,1-3H3,(H,21,22). The fraction of sp³-hybridized carbons (Fsp3) is 0.278. The summed E-state index contributed by atoms with van der Waals surface area (Å²) in [5.74, 6) is -0.274. The molecule has 0 saturated carbocycles. The number of hydrogen-bond donors (Lipinski definition) is 2. The first-order valence-electron chi connectivity index (χ1n) is 7.41. The van der Waals surface area contributed by atoms with Crippen LogP contribution >= 0.6 is 0 Å². The molecule has 2 aromatic rings. The summed E-state index contributed by atoms with van der Waals surface area (Å²) in [6, 6.07) is 13.7. The number of ether oxygens (including phenoxy) is 1. The summed E-state index contributed by atoms with van der Waals surface area (Å²) >= 11 is 0. The topological polar surface area (TPSA) is 50.4 Å². The average Bonchev–Trinajstić information content (AvgIpc) is 2.44. The number of amides is 1. The number of rotatable bonds is 4. The Morgan fingerprint density at radius 2 is 1.78 bits per heavy atom. The molecule has 0 radical (unpaired) electrons. The van der Waals surface area contributed by atoms with Crippen LogP contribution < -0.4 is 10.6 Å². The lowest BCUT2D eigenvalue weighted by Gasteiger charge is -2.20. The number of halogens is 1. The van der Waals surface area contributed by atoms with Gasteiger partial charge in [-0.2, -0.15) is 0 Å². The van der Waals surface area contributed by atoms with E-state index < -0.39 is 11.7 Å². The molecule has 0 atom stereocenters. The molecule has 23 heavy (non-hydrogen) atoms. The van der Waals surface area contributed by atoms with Gasteiger partial charge in [0.15, 0.2) is 0 Å². The number of carbonyl (C=O) groups is 1. The lowest BCUT2D eigenvalue weighted by atomic mass is 10.2. The summed E-state index contributed by atoms with van der Waals surface area (Å²) in [5.41, 5.74) is 1.60. The van der Waals surface area contributed by atoms with E-state index in [1.807, 2.05) is 24.3 Å². The van der Waals surface area contributed by atoms with Crippen LogP contribution in [0.4, 0.5) is 20.6 Å². The summed E-state index contributed by atoms with van der Waals surface area (Å²) in [6.07, 6.45) is -0.516. The van der Waals surface area contributed by atoms with Crippen LogP contribution in [0.1, 0.15) is 26.3 Å². The summed E-state index contributed by atoms with van der Waals surface area (Å²) in [5, 5.41) is 5.91. The zero-order chi connectivity index (χ0) is 16.9. The first-order valence-corrected chi connectivity index (χ1v) is 7.41. The molecule has 2 N–H and O–H groups in total. The zero-order valence-corrected chi connectivity index (χ0v) is 13.5. The Morgan fingerprint density at radius 1 is 1.09 bits per heavy atom. The van der Waals surface area contributed by atoms with Crippen molar-refractivity contribution in [1.82, 2.24) is 0 Å². The van der Waals surface area contributed by atoms with Crippen molar-refractivity contribution < 1.29 is 13.9 Å². The van der Waals surface area contributed by atoms with Gasteiger partial charge in [0.25, 0.3) is 0 Å². The van der Waals surface area contributed by atoms with E-state index in [4.69, 9.17) is 4.74 Å². The minimum absolute atomic E-state index is 0.274. The maximum atomic E-state index is 13.2. The van der Waals surface area contributed by atoms with E-state index in [2.05, 4.69) is 10.6 Å². The molecule has 0 aromatic heterocycles. The Balaban J connectivity index is 2.04. The summed E-state index contributed by atoms with van der Waals surface area (Å²) in [7, 11) is 0. The molecule has 2 aromatic carbocycles. The molecular weight excluding hydrogens is 295 g/mol. The highest BCUT2D eigenvalue weighted by atomic mass is 19.1. The van der Waals surface area contributed by atoms with Gasteiger partial charge in [-0.15, -0.1) is 0 Å². The van der Waals surface area contributed by atoms with Crippen LogP contribution in [0.3, 0.4) is 0 Å². The van der Waals surface area contributed by atoms with Gasteiger partial charge in [-0.25, -0.2) is 9.18 Å². The molecule has 0 bridgehead atoms. The Labute approximate surface area is 135 Å². The molecule has 122 valence electrons. The lowest BCUT2D eigenvalue weighted by Crippen LogP contribution is -2.27. The quantitative estimate of drug-likeness (QED) is 0.853. The van der Waals surface area contributed by atoms with Gasteiger partial charge in [0.1, 0.15) is 11.4 Å². The third kappa shape index (κ3) is 5.62. The van der Waals surface area contributed by atoms with E-state index in [0.717, 1.165) is 11.3 Å². The minimum Gasteiger partial charge on any atom is -0.444 e. The normalized spacial score (nSPS) is 11.0. The average molecular weight is 316 g/mol. The SMILES string of the molecule is CC(C)(C)OC(=O)Nc1ccccc1NCc1cccc(F)c1. The van der Waals surface area contributed by atoms with Crippen LogP contribution in [-0.2, 0) is 11.3 Å². The monoisotopic (exact) mass is 316 g/mol. The fourth-order valence-electron chi connectivity index (χ4n) is 2.00. The molecule has 0 heterocycles. The molecular formula is C18H21FN2O2. The number of hydrogen-bond acceptors (Lipinski definition) is 3. The van der Waals surface area contributed by atoms with Crippen molar-refractivity contribution in [2.75, 3.05) is 10.6 Å². The van der Waals surface area contributed by atoms with E-state index in [0.29, 0.717) is 12.2 Å². The van der Waals surface area contributed by atoms with Crippen LogP contribution in [0, 0.1) is 5.82 Å². The predicted molar refractivity (Wildman–Crippen MR) is 90.0 cm³/mol. The largest absolute Gasteiger partial charge is 0.444 e. The Kier molecular flexibility index (Phi) is 5.21. The molecule has 0 spiro atoms. The van der Waals surface area contributed by atoms with Gasteiger partial charge in [0, 0.05) is 6.54 Å². The van der Waals surface area contributed by atoms with Crippen LogP contribution in [-0.4, -0.2) is 11.7 Å². The molecule has 0 aliphatic heterocycles. The second kappa shape index (κ2) is 7.13. The van der Waals surface area contributed by atoms with Crippen LogP contribution in [0.5, 0.6) is 0 Å². The van der Waals surface area contributed by atoms with Crippen LogP contribution in [0.15, 0.2) is 48.5 Å². The smallest absolute Gasteiger partial charge is 0.412 e. The lowest BCUT2D eigenvalue weighted by molar-refractivity contribution is 0.0636. The van der Waals surface area contributed by atoms with Crippen molar-refractivity contribution in [3.05, 3.63) is 59.9 Å². The van der Waals surface area contributed by atoms with Gasteiger partial charge in [0.05, 0.1) is 11.4 Å². The van der Waals surface area contributed by atoms with E-state index >= 15 is 0 Å². The number of anilines is 2. The Bertz CT molecular complexity index is 681. The maximum Gasteiger partial charge on any atom is 0.412 e. The number of benzene rings is 2. The van der Waals surface area contributed by atoms with Gasteiger partial charge >= 0.3 is 6.09 Å². The minimum atomic E-state index is -0.561. The summed E-state index contributed by atoms with van der Waals surface area (Å²) < 4.78 is 18.4. The molecule has 0 saturated heterocycles. The third-order valence-electron chi connectivity index (χ3n) is 2.93. The van der Waals surface area contributed by atoms with Gasteiger partial charge < -0.3 is 10.1 Å². The highest BCUT2D eigenvalue weighted by Crippen LogP contribution is 2.22. The number of nitrogens with one attached hydrogen (secondary N) is 2. The molecule has 4 nitrogen and oxygen atoms in total. The van der Waals surface area contributed by atoms with E-state index in [9.17, 15) is 9.18 Å². The van der Waals surface area contributed by atoms with Crippen molar-refractivity contribution >= 4 is 17.5 Å². The van der Waals surface area contributed by atoms with Gasteiger partial charge in [-0.05, 0) is 50.6 Å². The van der Waals surface area contributed by atoms with E-state index in [-0.39, 0.29) is 5.82 Å². The van der Waals surface area contributed by atoms with Gasteiger partial charge in [-0.3, -0.25) is 5.32 Å². The Morgan fingerprint density at radius 3 is 2.43 bits per heavy atom. The molecule has 0 unspecified atom stereocenters. The third-order valence-corrected chi connectivity index (χ3v) is 2.93. The summed E-state index contributed by atoms with van der Waals surface area (Å²) in [4.78, 5) is 11.9. The predicted octanol–water partition coefficient (Wildman–Crippen LogP) is 4.78. The highest BCUT2D eigenvalue weighted by molar-refractivity contribution is 5.89. The zero-order valence-electron chi connectivity index (χ0n) is 13.5. The molecule has 0 aliphatic carbocycles. The first kappa shape index (κ1) is 16.8.